The molecule has 1 aliphatic rings. The highest BCUT2D eigenvalue weighted by molar-refractivity contribution is 5.96. The number of carbonyl (C=O) groups excluding carboxylic acids is 2. The Hall–Kier alpha value is -3.26. The lowest BCUT2D eigenvalue weighted by molar-refractivity contribution is -0.123. The smallest absolute Gasteiger partial charge is 0.269 e. The maximum absolute atomic E-state index is 12.4. The average molecular weight is 399 g/mol. The standard InChI is InChI=1S/C21H25N3O5/c1-27-17-10-16(11-18(28-2)20(17)29-3)21(26)23-22-19(25)13-24-9-8-14-6-4-5-7-15(14)12-24/h4-7,10-11H,8-9,12-13H2,1-3H3,(H,22,25)(H,23,26). The van der Waals surface area contributed by atoms with Crippen molar-refractivity contribution in [3.05, 3.63) is 53.1 Å². The van der Waals surface area contributed by atoms with Crippen LogP contribution in [0.15, 0.2) is 36.4 Å². The van der Waals surface area contributed by atoms with Gasteiger partial charge in [0.1, 0.15) is 0 Å². The molecule has 0 aliphatic carbocycles. The van der Waals surface area contributed by atoms with Gasteiger partial charge < -0.3 is 14.2 Å². The molecule has 2 aromatic carbocycles. The van der Waals surface area contributed by atoms with Gasteiger partial charge in [0, 0.05) is 18.7 Å². The van der Waals surface area contributed by atoms with Crippen LogP contribution in [0.3, 0.4) is 0 Å². The highest BCUT2D eigenvalue weighted by Gasteiger charge is 2.20. The molecule has 8 heteroatoms. The summed E-state index contributed by atoms with van der Waals surface area (Å²) in [5.41, 5.74) is 7.71. The van der Waals surface area contributed by atoms with Crippen LogP contribution in [0.2, 0.25) is 0 Å². The van der Waals surface area contributed by atoms with Crippen molar-refractivity contribution in [2.75, 3.05) is 34.4 Å². The van der Waals surface area contributed by atoms with Crippen molar-refractivity contribution >= 4 is 11.8 Å². The van der Waals surface area contributed by atoms with Gasteiger partial charge in [-0.3, -0.25) is 25.3 Å². The Morgan fingerprint density at radius 2 is 1.62 bits per heavy atom. The molecule has 0 spiro atoms. The highest BCUT2D eigenvalue weighted by Crippen LogP contribution is 2.38. The minimum absolute atomic E-state index is 0.198. The van der Waals surface area contributed by atoms with E-state index >= 15 is 0 Å². The number of ether oxygens (including phenoxy) is 3. The Morgan fingerprint density at radius 3 is 2.24 bits per heavy atom. The van der Waals surface area contributed by atoms with Crippen LogP contribution in [0.5, 0.6) is 17.2 Å². The van der Waals surface area contributed by atoms with E-state index in [1.54, 1.807) is 0 Å². The first-order valence-corrected chi connectivity index (χ1v) is 9.24. The molecule has 2 amide bonds. The van der Waals surface area contributed by atoms with E-state index in [1.165, 1.54) is 44.6 Å². The lowest BCUT2D eigenvalue weighted by atomic mass is 10.00. The van der Waals surface area contributed by atoms with Gasteiger partial charge in [0.05, 0.1) is 27.9 Å². The fourth-order valence-electron chi connectivity index (χ4n) is 3.34. The number of amides is 2. The third kappa shape index (κ3) is 4.78. The first-order chi connectivity index (χ1) is 14.0. The molecule has 1 aliphatic heterocycles. The third-order valence-corrected chi connectivity index (χ3v) is 4.82. The largest absolute Gasteiger partial charge is 0.493 e. The molecule has 3 rings (SSSR count). The minimum atomic E-state index is -0.485. The topological polar surface area (TPSA) is 89.1 Å². The summed E-state index contributed by atoms with van der Waals surface area (Å²) in [6.45, 7) is 1.71. The van der Waals surface area contributed by atoms with Crippen LogP contribution in [-0.2, 0) is 17.8 Å². The highest BCUT2D eigenvalue weighted by atomic mass is 16.5. The summed E-state index contributed by atoms with van der Waals surface area (Å²) in [6, 6.07) is 11.3. The molecule has 0 atom stereocenters. The number of hydrogen-bond acceptors (Lipinski definition) is 6. The Bertz CT molecular complexity index is 875. The van der Waals surface area contributed by atoms with Crippen molar-refractivity contribution in [3.63, 3.8) is 0 Å². The molecule has 2 aromatic rings. The van der Waals surface area contributed by atoms with Gasteiger partial charge in [-0.05, 0) is 29.7 Å². The number of benzene rings is 2. The first-order valence-electron chi connectivity index (χ1n) is 9.24. The van der Waals surface area contributed by atoms with E-state index in [1.807, 2.05) is 17.0 Å². The maximum atomic E-state index is 12.4. The monoisotopic (exact) mass is 399 g/mol. The Labute approximate surface area is 169 Å². The molecule has 1 heterocycles. The zero-order chi connectivity index (χ0) is 20.8. The number of nitrogens with zero attached hydrogens (tertiary/aromatic N) is 1. The molecular weight excluding hydrogens is 374 g/mol. The van der Waals surface area contributed by atoms with Crippen molar-refractivity contribution in [1.29, 1.82) is 0 Å². The molecule has 0 aromatic heterocycles. The summed E-state index contributed by atoms with van der Waals surface area (Å²) >= 11 is 0. The van der Waals surface area contributed by atoms with E-state index in [-0.39, 0.29) is 18.0 Å². The van der Waals surface area contributed by atoms with Crippen LogP contribution in [0.1, 0.15) is 21.5 Å². The fraction of sp³-hybridized carbons (Fsp3) is 0.333. The van der Waals surface area contributed by atoms with Gasteiger partial charge >= 0.3 is 0 Å². The molecular formula is C21H25N3O5. The predicted molar refractivity (Wildman–Crippen MR) is 107 cm³/mol. The summed E-state index contributed by atoms with van der Waals surface area (Å²) < 4.78 is 15.7. The molecule has 29 heavy (non-hydrogen) atoms. The van der Waals surface area contributed by atoms with E-state index < -0.39 is 5.91 Å². The molecule has 0 radical (unpaired) electrons. The molecule has 0 unspecified atom stereocenters. The predicted octanol–water partition coefficient (Wildman–Crippen LogP) is 1.53. The van der Waals surface area contributed by atoms with E-state index in [9.17, 15) is 9.59 Å². The SMILES string of the molecule is COc1cc(C(=O)NNC(=O)CN2CCc3ccccc3C2)cc(OC)c1OC. The van der Waals surface area contributed by atoms with Gasteiger partial charge in [0.25, 0.3) is 11.8 Å². The zero-order valence-electron chi connectivity index (χ0n) is 16.8. The second-order valence-electron chi connectivity index (χ2n) is 6.65. The summed E-state index contributed by atoms with van der Waals surface area (Å²) in [5, 5.41) is 0. The Kier molecular flexibility index (Phi) is 6.56. The summed E-state index contributed by atoms with van der Waals surface area (Å²) in [4.78, 5) is 26.8. The van der Waals surface area contributed by atoms with Gasteiger partial charge in [-0.15, -0.1) is 0 Å². The summed E-state index contributed by atoms with van der Waals surface area (Å²) in [7, 11) is 4.42. The van der Waals surface area contributed by atoms with E-state index in [0.717, 1.165) is 13.0 Å². The van der Waals surface area contributed by atoms with Gasteiger partial charge in [-0.1, -0.05) is 24.3 Å². The second kappa shape index (κ2) is 9.29. The van der Waals surface area contributed by atoms with Crippen LogP contribution in [0.4, 0.5) is 0 Å². The Morgan fingerprint density at radius 1 is 0.966 bits per heavy atom. The number of hydrazine groups is 1. The molecule has 0 saturated heterocycles. The maximum Gasteiger partial charge on any atom is 0.269 e. The van der Waals surface area contributed by atoms with Crippen molar-refractivity contribution < 1.29 is 23.8 Å². The number of carbonyl (C=O) groups is 2. The van der Waals surface area contributed by atoms with Gasteiger partial charge in [0.2, 0.25) is 5.75 Å². The first kappa shape index (κ1) is 20.5. The zero-order valence-corrected chi connectivity index (χ0v) is 16.8. The average Bonchev–Trinajstić information content (AvgIpc) is 2.76. The van der Waals surface area contributed by atoms with Crippen LogP contribution in [0, 0.1) is 0 Å². The van der Waals surface area contributed by atoms with Gasteiger partial charge in [-0.2, -0.15) is 0 Å². The van der Waals surface area contributed by atoms with E-state index in [4.69, 9.17) is 14.2 Å². The van der Waals surface area contributed by atoms with Crippen molar-refractivity contribution in [3.8, 4) is 17.2 Å². The molecule has 8 nitrogen and oxygen atoms in total. The molecule has 154 valence electrons. The van der Waals surface area contributed by atoms with Crippen LogP contribution in [-0.4, -0.2) is 51.1 Å². The number of hydrogen-bond donors (Lipinski definition) is 2. The van der Waals surface area contributed by atoms with E-state index in [2.05, 4.69) is 23.0 Å². The van der Waals surface area contributed by atoms with Crippen LogP contribution >= 0.6 is 0 Å². The van der Waals surface area contributed by atoms with Gasteiger partial charge in [0.15, 0.2) is 11.5 Å². The minimum Gasteiger partial charge on any atom is -0.493 e. The quantitative estimate of drug-likeness (QED) is 0.717. The van der Waals surface area contributed by atoms with Crippen LogP contribution < -0.4 is 25.1 Å². The lowest BCUT2D eigenvalue weighted by Crippen LogP contribution is -2.47. The molecule has 0 saturated carbocycles. The number of nitrogens with one attached hydrogen (secondary N) is 2. The molecule has 0 fully saturated rings. The number of fused-ring (bicyclic) bond motifs is 1. The normalized spacial score (nSPS) is 13.2. The van der Waals surface area contributed by atoms with Crippen molar-refractivity contribution in [2.24, 2.45) is 0 Å². The van der Waals surface area contributed by atoms with Gasteiger partial charge in [-0.25, -0.2) is 0 Å². The molecule has 2 N–H and O–H groups in total. The fourth-order valence-corrected chi connectivity index (χ4v) is 3.34. The van der Waals surface area contributed by atoms with Crippen molar-refractivity contribution in [2.45, 2.75) is 13.0 Å². The third-order valence-electron chi connectivity index (χ3n) is 4.82. The van der Waals surface area contributed by atoms with Crippen molar-refractivity contribution in [1.82, 2.24) is 15.8 Å². The number of rotatable bonds is 6. The number of methoxy groups -OCH3 is 3. The summed E-state index contributed by atoms with van der Waals surface area (Å²) in [5.74, 6) is 0.332. The van der Waals surface area contributed by atoms with Crippen LogP contribution in [0.25, 0.3) is 0 Å². The lowest BCUT2D eigenvalue weighted by Gasteiger charge is -2.28. The second-order valence-corrected chi connectivity index (χ2v) is 6.65. The van der Waals surface area contributed by atoms with E-state index in [0.29, 0.717) is 23.8 Å². The Balaban J connectivity index is 1.57. The summed E-state index contributed by atoms with van der Waals surface area (Å²) in [6.07, 6.45) is 0.904. The molecule has 0 bridgehead atoms.